The number of carbonyl (C=O) groups excluding carboxylic acids is 1. The lowest BCUT2D eigenvalue weighted by Crippen LogP contribution is -1.90. The van der Waals surface area contributed by atoms with Crippen LogP contribution in [0.3, 0.4) is 0 Å². The summed E-state index contributed by atoms with van der Waals surface area (Å²) < 4.78 is 6.65. The maximum absolute atomic E-state index is 10.1. The largest absolute Gasteiger partial charge is 0.461 e. The van der Waals surface area contributed by atoms with Gasteiger partial charge in [-0.2, -0.15) is 0 Å². The van der Waals surface area contributed by atoms with E-state index in [1.165, 1.54) is 11.3 Å². The van der Waals surface area contributed by atoms with Gasteiger partial charge in [-0.25, -0.2) is 4.98 Å². The number of carbonyl (C=O) groups is 1. The van der Waals surface area contributed by atoms with E-state index in [1.807, 2.05) is 23.6 Å². The molecule has 0 spiro atoms. The molecule has 3 nitrogen and oxygen atoms in total. The monoisotopic (exact) mass is 375 g/mol. The van der Waals surface area contributed by atoms with Crippen LogP contribution in [0.25, 0.3) is 10.6 Å². The zero-order valence-corrected chi connectivity index (χ0v) is 12.5. The van der Waals surface area contributed by atoms with E-state index in [9.17, 15) is 4.79 Å². The molecule has 0 radical (unpaired) electrons. The summed E-state index contributed by atoms with van der Waals surface area (Å²) in [5.74, 6) is 0. The van der Waals surface area contributed by atoms with Crippen LogP contribution in [-0.4, -0.2) is 11.5 Å². The lowest BCUT2D eigenvalue weighted by atomic mass is 10.2. The summed E-state index contributed by atoms with van der Waals surface area (Å²) in [5.41, 5.74) is 1.78. The minimum absolute atomic E-state index is 0.216. The van der Waals surface area contributed by atoms with Crippen LogP contribution >= 0.6 is 43.2 Å². The summed E-state index contributed by atoms with van der Waals surface area (Å²) in [5, 5.41) is 2.78. The quantitative estimate of drug-likeness (QED) is 0.757. The van der Waals surface area contributed by atoms with Gasteiger partial charge in [0.1, 0.15) is 11.6 Å². The van der Waals surface area contributed by atoms with Crippen molar-refractivity contribution < 1.29 is 9.53 Å². The number of hydrogen-bond donors (Lipinski definition) is 0. The topological polar surface area (TPSA) is 39.2 Å². The molecule has 0 aliphatic carbocycles. The number of ether oxygens (including phenoxy) is 1. The maximum atomic E-state index is 10.1. The van der Waals surface area contributed by atoms with Crippen molar-refractivity contribution in [2.24, 2.45) is 0 Å². The molecule has 0 N–H and O–H groups in total. The van der Waals surface area contributed by atoms with E-state index in [1.54, 1.807) is 0 Å². The molecule has 1 aromatic heterocycles. The summed E-state index contributed by atoms with van der Waals surface area (Å²) in [6.07, 6.45) is 0. The highest BCUT2D eigenvalue weighted by Gasteiger charge is 2.08. The lowest BCUT2D eigenvalue weighted by Gasteiger charge is -2.00. The Kier molecular flexibility index (Phi) is 4.31. The minimum Gasteiger partial charge on any atom is -0.461 e. The Balaban J connectivity index is 2.27. The molecule has 0 bridgehead atoms. The molecule has 0 unspecified atom stereocenters. The fourth-order valence-electron chi connectivity index (χ4n) is 1.28. The van der Waals surface area contributed by atoms with Crippen LogP contribution in [0.2, 0.25) is 0 Å². The Labute approximate surface area is 119 Å². The van der Waals surface area contributed by atoms with Gasteiger partial charge in [0.15, 0.2) is 0 Å². The van der Waals surface area contributed by atoms with E-state index in [4.69, 9.17) is 0 Å². The third-order valence-electron chi connectivity index (χ3n) is 2.01. The molecule has 2 aromatic rings. The van der Waals surface area contributed by atoms with Crippen molar-refractivity contribution in [3.05, 3.63) is 38.2 Å². The van der Waals surface area contributed by atoms with Gasteiger partial charge in [-0.05, 0) is 18.2 Å². The second-order valence-electron chi connectivity index (χ2n) is 3.18. The Morgan fingerprint density at radius 3 is 2.94 bits per heavy atom. The Morgan fingerprint density at radius 2 is 2.24 bits per heavy atom. The second-order valence-corrected chi connectivity index (χ2v) is 5.80. The summed E-state index contributed by atoms with van der Waals surface area (Å²) in [6, 6.07) is 5.92. The molecule has 0 aliphatic heterocycles. The number of nitrogens with zero attached hydrogens (tertiary/aromatic N) is 1. The zero-order chi connectivity index (χ0) is 12.3. The first kappa shape index (κ1) is 12.7. The van der Waals surface area contributed by atoms with Crippen LogP contribution < -0.4 is 0 Å². The Morgan fingerprint density at radius 1 is 1.41 bits per heavy atom. The third kappa shape index (κ3) is 3.14. The van der Waals surface area contributed by atoms with Crippen molar-refractivity contribution in [3.63, 3.8) is 0 Å². The number of benzene rings is 1. The van der Waals surface area contributed by atoms with Gasteiger partial charge in [0.05, 0.1) is 5.69 Å². The standard InChI is InChI=1S/C11H7Br2NO2S/c12-7-1-2-9(10(13)3-7)11-14-8(5-17-11)4-16-6-15/h1-3,5-6H,4H2. The normalized spacial score (nSPS) is 10.2. The first-order valence-electron chi connectivity index (χ1n) is 4.66. The molecule has 0 fully saturated rings. The van der Waals surface area contributed by atoms with Crippen LogP contribution in [0.4, 0.5) is 0 Å². The van der Waals surface area contributed by atoms with Gasteiger partial charge in [0.25, 0.3) is 6.47 Å². The van der Waals surface area contributed by atoms with Gasteiger partial charge in [0, 0.05) is 19.9 Å². The molecule has 17 heavy (non-hydrogen) atoms. The van der Waals surface area contributed by atoms with E-state index >= 15 is 0 Å². The number of aromatic nitrogens is 1. The maximum Gasteiger partial charge on any atom is 0.293 e. The van der Waals surface area contributed by atoms with Gasteiger partial charge < -0.3 is 4.74 Å². The molecule has 6 heteroatoms. The highest BCUT2D eigenvalue weighted by atomic mass is 79.9. The van der Waals surface area contributed by atoms with Crippen LogP contribution in [-0.2, 0) is 16.1 Å². The van der Waals surface area contributed by atoms with Gasteiger partial charge in [-0.3, -0.25) is 4.79 Å². The first-order chi connectivity index (χ1) is 8.20. The van der Waals surface area contributed by atoms with Crippen LogP contribution in [0.15, 0.2) is 32.5 Å². The molecule has 1 aromatic carbocycles. The molecule has 0 saturated carbocycles. The van der Waals surface area contributed by atoms with Crippen LogP contribution in [0.5, 0.6) is 0 Å². The fraction of sp³-hybridized carbons (Fsp3) is 0.0909. The zero-order valence-electron chi connectivity index (χ0n) is 8.52. The van der Waals surface area contributed by atoms with E-state index in [0.717, 1.165) is 25.2 Å². The minimum atomic E-state index is 0.216. The average molecular weight is 377 g/mol. The van der Waals surface area contributed by atoms with Crippen molar-refractivity contribution >= 4 is 49.7 Å². The predicted molar refractivity (Wildman–Crippen MR) is 73.8 cm³/mol. The summed E-state index contributed by atoms with van der Waals surface area (Å²) >= 11 is 8.42. The van der Waals surface area contributed by atoms with Crippen LogP contribution in [0.1, 0.15) is 5.69 Å². The number of halogens is 2. The Hall–Kier alpha value is -0.720. The summed E-state index contributed by atoms with van der Waals surface area (Å²) in [7, 11) is 0. The summed E-state index contributed by atoms with van der Waals surface area (Å²) in [4.78, 5) is 14.5. The van der Waals surface area contributed by atoms with Crippen molar-refractivity contribution in [3.8, 4) is 10.6 Å². The summed E-state index contributed by atoms with van der Waals surface area (Å²) in [6.45, 7) is 0.642. The second kappa shape index (κ2) is 5.75. The van der Waals surface area contributed by atoms with E-state index < -0.39 is 0 Å². The Bertz CT molecular complexity index is 542. The predicted octanol–water partition coefficient (Wildman–Crippen LogP) is 4.01. The average Bonchev–Trinajstić information content (AvgIpc) is 2.75. The van der Waals surface area contributed by atoms with E-state index in [-0.39, 0.29) is 6.61 Å². The molecule has 0 aliphatic rings. The molecule has 0 amide bonds. The van der Waals surface area contributed by atoms with Crippen molar-refractivity contribution in [1.29, 1.82) is 0 Å². The molecule has 2 rings (SSSR count). The first-order valence-corrected chi connectivity index (χ1v) is 7.12. The molecular formula is C11H7Br2NO2S. The highest BCUT2D eigenvalue weighted by Crippen LogP contribution is 2.32. The van der Waals surface area contributed by atoms with Crippen molar-refractivity contribution in [1.82, 2.24) is 4.98 Å². The van der Waals surface area contributed by atoms with Gasteiger partial charge >= 0.3 is 0 Å². The molecule has 0 atom stereocenters. The lowest BCUT2D eigenvalue weighted by molar-refractivity contribution is -0.129. The fourth-order valence-corrected chi connectivity index (χ4v) is 3.49. The molecule has 1 heterocycles. The number of thiazole rings is 1. The van der Waals surface area contributed by atoms with E-state index in [0.29, 0.717) is 6.47 Å². The van der Waals surface area contributed by atoms with Crippen LogP contribution in [0, 0.1) is 0 Å². The van der Waals surface area contributed by atoms with Gasteiger partial charge in [0.2, 0.25) is 0 Å². The molecular weight excluding hydrogens is 370 g/mol. The van der Waals surface area contributed by atoms with E-state index in [2.05, 4.69) is 41.6 Å². The smallest absolute Gasteiger partial charge is 0.293 e. The van der Waals surface area contributed by atoms with Crippen molar-refractivity contribution in [2.45, 2.75) is 6.61 Å². The number of hydrogen-bond acceptors (Lipinski definition) is 4. The SMILES string of the molecule is O=COCc1csc(-c2ccc(Br)cc2Br)n1. The van der Waals surface area contributed by atoms with Crippen molar-refractivity contribution in [2.75, 3.05) is 0 Å². The van der Waals surface area contributed by atoms with Gasteiger partial charge in [-0.1, -0.05) is 31.9 Å². The molecule has 0 saturated heterocycles. The van der Waals surface area contributed by atoms with Gasteiger partial charge in [-0.15, -0.1) is 11.3 Å². The molecule has 88 valence electrons. The number of rotatable bonds is 4. The third-order valence-corrected chi connectivity index (χ3v) is 4.09. The highest BCUT2D eigenvalue weighted by molar-refractivity contribution is 9.11.